The minimum atomic E-state index is -0.148. The van der Waals surface area contributed by atoms with Crippen molar-refractivity contribution in [3.05, 3.63) is 101 Å². The average Bonchev–Trinajstić information content (AvgIpc) is 3.11. The smallest absolute Gasteiger partial charge is 0.280 e. The molecular weight excluding hydrogens is 362 g/mol. The van der Waals surface area contributed by atoms with Gasteiger partial charge in [-0.1, -0.05) is 48.5 Å². The van der Waals surface area contributed by atoms with Gasteiger partial charge in [0.1, 0.15) is 5.75 Å². The standard InChI is InChI=1S/C24H21N3O2/c1-2-29-21-15-13-19(14-16-21)25-17-22-23(18-9-5-3-6-10-18)26-27(24(22)28)20-11-7-4-8-12-20/h3-17,26H,2H2,1H3. The fraction of sp³-hybridized carbons (Fsp3) is 0.0833. The number of ether oxygens (including phenoxy) is 1. The number of para-hydroxylation sites is 1. The number of rotatable bonds is 6. The van der Waals surface area contributed by atoms with E-state index in [0.717, 1.165) is 28.4 Å². The zero-order valence-corrected chi connectivity index (χ0v) is 16.1. The normalized spacial score (nSPS) is 11.1. The minimum Gasteiger partial charge on any atom is -0.494 e. The van der Waals surface area contributed by atoms with Crippen LogP contribution in [0.25, 0.3) is 16.9 Å². The summed E-state index contributed by atoms with van der Waals surface area (Å²) < 4.78 is 7.01. The van der Waals surface area contributed by atoms with E-state index in [0.29, 0.717) is 12.2 Å². The van der Waals surface area contributed by atoms with E-state index >= 15 is 0 Å². The Bertz CT molecular complexity index is 1160. The molecule has 0 unspecified atom stereocenters. The van der Waals surface area contributed by atoms with Gasteiger partial charge in [-0.05, 0) is 43.3 Å². The predicted molar refractivity (Wildman–Crippen MR) is 117 cm³/mol. The van der Waals surface area contributed by atoms with Gasteiger partial charge in [0.05, 0.1) is 29.2 Å². The predicted octanol–water partition coefficient (Wildman–Crippen LogP) is 4.98. The lowest BCUT2D eigenvalue weighted by molar-refractivity contribution is 0.340. The molecule has 1 aromatic heterocycles. The highest BCUT2D eigenvalue weighted by atomic mass is 16.5. The van der Waals surface area contributed by atoms with Crippen LogP contribution in [0.2, 0.25) is 0 Å². The first-order valence-electron chi connectivity index (χ1n) is 9.49. The number of aromatic amines is 1. The van der Waals surface area contributed by atoms with E-state index in [4.69, 9.17) is 4.74 Å². The van der Waals surface area contributed by atoms with Crippen molar-refractivity contribution in [2.24, 2.45) is 4.99 Å². The number of nitrogens with one attached hydrogen (secondary N) is 1. The highest BCUT2D eigenvalue weighted by Crippen LogP contribution is 2.22. The second-order valence-corrected chi connectivity index (χ2v) is 6.43. The molecule has 1 heterocycles. The van der Waals surface area contributed by atoms with Gasteiger partial charge in [-0.25, -0.2) is 4.68 Å². The van der Waals surface area contributed by atoms with Gasteiger partial charge in [-0.2, -0.15) is 0 Å². The first-order valence-corrected chi connectivity index (χ1v) is 9.49. The topological polar surface area (TPSA) is 59.4 Å². The highest BCUT2D eigenvalue weighted by Gasteiger charge is 2.15. The van der Waals surface area contributed by atoms with Crippen LogP contribution in [0.1, 0.15) is 12.5 Å². The van der Waals surface area contributed by atoms with Crippen molar-refractivity contribution < 1.29 is 4.74 Å². The molecule has 0 fully saturated rings. The van der Waals surface area contributed by atoms with Gasteiger partial charge in [0.2, 0.25) is 0 Å². The number of benzene rings is 3. The van der Waals surface area contributed by atoms with Crippen molar-refractivity contribution in [3.63, 3.8) is 0 Å². The molecule has 5 heteroatoms. The number of hydrogen-bond donors (Lipinski definition) is 1. The van der Waals surface area contributed by atoms with Crippen molar-refractivity contribution in [3.8, 4) is 22.7 Å². The molecule has 4 aromatic rings. The molecule has 29 heavy (non-hydrogen) atoms. The number of hydrogen-bond acceptors (Lipinski definition) is 3. The van der Waals surface area contributed by atoms with Crippen LogP contribution in [0.4, 0.5) is 5.69 Å². The van der Waals surface area contributed by atoms with Crippen LogP contribution in [-0.4, -0.2) is 22.6 Å². The van der Waals surface area contributed by atoms with Crippen LogP contribution < -0.4 is 10.3 Å². The Hall–Kier alpha value is -3.86. The Balaban J connectivity index is 1.77. The van der Waals surface area contributed by atoms with Crippen LogP contribution in [-0.2, 0) is 0 Å². The molecular formula is C24H21N3O2. The number of nitrogens with zero attached hydrogens (tertiary/aromatic N) is 2. The van der Waals surface area contributed by atoms with Crippen molar-refractivity contribution in [1.82, 2.24) is 9.78 Å². The highest BCUT2D eigenvalue weighted by molar-refractivity contribution is 5.90. The zero-order valence-electron chi connectivity index (χ0n) is 16.1. The molecule has 0 bridgehead atoms. The first-order chi connectivity index (χ1) is 14.3. The van der Waals surface area contributed by atoms with Crippen LogP contribution in [0.3, 0.4) is 0 Å². The Labute approximate surface area is 168 Å². The molecule has 0 radical (unpaired) electrons. The maximum absolute atomic E-state index is 13.1. The monoisotopic (exact) mass is 383 g/mol. The van der Waals surface area contributed by atoms with Crippen molar-refractivity contribution >= 4 is 11.9 Å². The zero-order chi connectivity index (χ0) is 20.1. The molecule has 4 rings (SSSR count). The SMILES string of the molecule is CCOc1ccc(N=Cc2c(-c3ccccc3)[nH]n(-c3ccccc3)c2=O)cc1. The molecule has 0 aliphatic heterocycles. The van der Waals surface area contributed by atoms with Gasteiger partial charge in [0, 0.05) is 11.8 Å². The molecule has 0 saturated heterocycles. The average molecular weight is 383 g/mol. The fourth-order valence-electron chi connectivity index (χ4n) is 3.09. The van der Waals surface area contributed by atoms with Gasteiger partial charge in [-0.3, -0.25) is 14.9 Å². The number of aliphatic imine (C=N–C) groups is 1. The van der Waals surface area contributed by atoms with E-state index in [1.165, 1.54) is 0 Å². The summed E-state index contributed by atoms with van der Waals surface area (Å²) >= 11 is 0. The third-order valence-corrected chi connectivity index (χ3v) is 4.49. The maximum atomic E-state index is 13.1. The van der Waals surface area contributed by atoms with E-state index in [1.807, 2.05) is 91.9 Å². The third-order valence-electron chi connectivity index (χ3n) is 4.49. The summed E-state index contributed by atoms with van der Waals surface area (Å²) in [4.78, 5) is 17.7. The van der Waals surface area contributed by atoms with Crippen molar-refractivity contribution in [1.29, 1.82) is 0 Å². The molecule has 1 N–H and O–H groups in total. The van der Waals surface area contributed by atoms with Gasteiger partial charge in [0.25, 0.3) is 5.56 Å². The summed E-state index contributed by atoms with van der Waals surface area (Å²) in [6.07, 6.45) is 1.62. The summed E-state index contributed by atoms with van der Waals surface area (Å²) in [6.45, 7) is 2.56. The number of aromatic nitrogens is 2. The Morgan fingerprint density at radius 3 is 2.24 bits per heavy atom. The molecule has 0 amide bonds. The maximum Gasteiger partial charge on any atom is 0.280 e. The van der Waals surface area contributed by atoms with E-state index in [1.54, 1.807) is 10.9 Å². The van der Waals surface area contributed by atoms with Crippen molar-refractivity contribution in [2.75, 3.05) is 6.61 Å². The molecule has 0 saturated carbocycles. The fourth-order valence-corrected chi connectivity index (χ4v) is 3.09. The van der Waals surface area contributed by atoms with Gasteiger partial charge in [-0.15, -0.1) is 0 Å². The molecule has 0 aliphatic rings. The lowest BCUT2D eigenvalue weighted by Crippen LogP contribution is -2.17. The van der Waals surface area contributed by atoms with Gasteiger partial charge in [0.15, 0.2) is 0 Å². The second kappa shape index (κ2) is 8.44. The Morgan fingerprint density at radius 1 is 0.931 bits per heavy atom. The van der Waals surface area contributed by atoms with E-state index in [9.17, 15) is 4.79 Å². The Kier molecular flexibility index (Phi) is 5.38. The summed E-state index contributed by atoms with van der Waals surface area (Å²) in [5.74, 6) is 0.796. The van der Waals surface area contributed by atoms with Gasteiger partial charge >= 0.3 is 0 Å². The minimum absolute atomic E-state index is 0.148. The summed E-state index contributed by atoms with van der Waals surface area (Å²) in [7, 11) is 0. The van der Waals surface area contributed by atoms with E-state index in [-0.39, 0.29) is 5.56 Å². The summed E-state index contributed by atoms with van der Waals surface area (Å²) in [5.41, 5.74) is 3.54. The molecule has 5 nitrogen and oxygen atoms in total. The number of H-pyrrole nitrogens is 1. The van der Waals surface area contributed by atoms with Crippen LogP contribution in [0, 0.1) is 0 Å². The second-order valence-electron chi connectivity index (χ2n) is 6.43. The Morgan fingerprint density at radius 2 is 1.59 bits per heavy atom. The van der Waals surface area contributed by atoms with Crippen molar-refractivity contribution in [2.45, 2.75) is 6.92 Å². The third kappa shape index (κ3) is 4.04. The van der Waals surface area contributed by atoms with E-state index < -0.39 is 0 Å². The van der Waals surface area contributed by atoms with Gasteiger partial charge < -0.3 is 4.74 Å². The molecule has 0 atom stereocenters. The largest absolute Gasteiger partial charge is 0.494 e. The van der Waals surface area contributed by atoms with Crippen LogP contribution in [0.15, 0.2) is 94.7 Å². The van der Waals surface area contributed by atoms with E-state index in [2.05, 4.69) is 10.1 Å². The van der Waals surface area contributed by atoms with Crippen LogP contribution in [0.5, 0.6) is 5.75 Å². The summed E-state index contributed by atoms with van der Waals surface area (Å²) in [6, 6.07) is 26.7. The summed E-state index contributed by atoms with van der Waals surface area (Å²) in [5, 5.41) is 3.24. The molecule has 0 aliphatic carbocycles. The lowest BCUT2D eigenvalue weighted by Gasteiger charge is -2.02. The molecule has 144 valence electrons. The molecule has 0 spiro atoms. The first kappa shape index (κ1) is 18.5. The molecule has 3 aromatic carbocycles. The lowest BCUT2D eigenvalue weighted by atomic mass is 10.1. The van der Waals surface area contributed by atoms with Crippen LogP contribution >= 0.6 is 0 Å². The quantitative estimate of drug-likeness (QED) is 0.477.